The fraction of sp³-hybridized carbons (Fsp3) is 0.0909. The van der Waals surface area contributed by atoms with Crippen LogP contribution >= 0.6 is 0 Å². The maximum atomic E-state index is 12.4. The van der Waals surface area contributed by atoms with Gasteiger partial charge in [-0.1, -0.05) is 66.7 Å². The Morgan fingerprint density at radius 2 is 1.35 bits per heavy atom. The molecule has 3 nitrogen and oxygen atoms in total. The van der Waals surface area contributed by atoms with E-state index in [0.717, 1.165) is 22.3 Å². The van der Waals surface area contributed by atoms with Gasteiger partial charge in [0, 0.05) is 13.0 Å². The molecular formula is C22H19NO2S. The molecule has 4 heteroatoms. The monoisotopic (exact) mass is 361 g/mol. The van der Waals surface area contributed by atoms with Gasteiger partial charge >= 0.3 is 0 Å². The average molecular weight is 361 g/mol. The van der Waals surface area contributed by atoms with Crippen molar-refractivity contribution in [3.8, 4) is 23.5 Å². The molecule has 0 saturated carbocycles. The lowest BCUT2D eigenvalue weighted by molar-refractivity contribution is 0.581. The lowest BCUT2D eigenvalue weighted by Gasteiger charge is -2.08. The average Bonchev–Trinajstić information content (AvgIpc) is 2.68. The Balaban J connectivity index is 1.73. The Hall–Kier alpha value is -2.87. The summed E-state index contributed by atoms with van der Waals surface area (Å²) in [5.41, 5.74) is 3.98. The van der Waals surface area contributed by atoms with Crippen molar-refractivity contribution < 1.29 is 8.42 Å². The first-order chi connectivity index (χ1) is 12.6. The van der Waals surface area contributed by atoms with Crippen molar-refractivity contribution in [1.82, 2.24) is 4.72 Å². The van der Waals surface area contributed by atoms with E-state index >= 15 is 0 Å². The summed E-state index contributed by atoms with van der Waals surface area (Å²) in [7, 11) is -3.54. The van der Waals surface area contributed by atoms with Crippen LogP contribution < -0.4 is 4.72 Å². The molecule has 0 aliphatic carbocycles. The summed E-state index contributed by atoms with van der Waals surface area (Å²) >= 11 is 0. The molecule has 0 aliphatic heterocycles. The Kier molecular flexibility index (Phi) is 5.52. The van der Waals surface area contributed by atoms with Crippen molar-refractivity contribution in [2.75, 3.05) is 0 Å². The van der Waals surface area contributed by atoms with Gasteiger partial charge in [-0.2, -0.15) is 0 Å². The number of sulfonamides is 1. The van der Waals surface area contributed by atoms with Gasteiger partial charge in [-0.3, -0.25) is 0 Å². The molecule has 3 aromatic rings. The van der Waals surface area contributed by atoms with Crippen LogP contribution in [-0.2, 0) is 23.0 Å². The van der Waals surface area contributed by atoms with Gasteiger partial charge in [0.05, 0.1) is 4.90 Å². The smallest absolute Gasteiger partial charge is 0.207 e. The topological polar surface area (TPSA) is 46.2 Å². The summed E-state index contributed by atoms with van der Waals surface area (Å²) in [6.45, 7) is 0.265. The highest BCUT2D eigenvalue weighted by molar-refractivity contribution is 7.89. The summed E-state index contributed by atoms with van der Waals surface area (Å²) < 4.78 is 27.5. The van der Waals surface area contributed by atoms with Gasteiger partial charge in [0.1, 0.15) is 0 Å². The standard InChI is InChI=1S/C22H19NO2S/c1-2-6-18-9-11-20(12-10-18)21-13-15-22(16-14-21)26(24,25)23-17-19-7-4-3-5-8-19/h1,3-5,7-16,23H,6,17H2. The van der Waals surface area contributed by atoms with Crippen molar-refractivity contribution in [3.63, 3.8) is 0 Å². The fourth-order valence-corrected chi connectivity index (χ4v) is 3.63. The van der Waals surface area contributed by atoms with Gasteiger partial charge in [0.25, 0.3) is 0 Å². The van der Waals surface area contributed by atoms with Crippen LogP contribution in [0.1, 0.15) is 11.1 Å². The molecule has 0 saturated heterocycles. The molecule has 0 bridgehead atoms. The predicted octanol–water partition coefficient (Wildman–Crippen LogP) is 4.01. The minimum atomic E-state index is -3.54. The molecule has 0 heterocycles. The van der Waals surface area contributed by atoms with Crippen LogP contribution in [0.15, 0.2) is 83.8 Å². The largest absolute Gasteiger partial charge is 0.240 e. The molecule has 0 radical (unpaired) electrons. The number of hydrogen-bond acceptors (Lipinski definition) is 2. The summed E-state index contributed by atoms with van der Waals surface area (Å²) in [4.78, 5) is 0.251. The fourth-order valence-electron chi connectivity index (χ4n) is 2.62. The Morgan fingerprint density at radius 1 is 0.769 bits per heavy atom. The van der Waals surface area contributed by atoms with E-state index in [2.05, 4.69) is 10.6 Å². The predicted molar refractivity (Wildman–Crippen MR) is 105 cm³/mol. The quantitative estimate of drug-likeness (QED) is 0.675. The van der Waals surface area contributed by atoms with Crippen LogP contribution in [0.5, 0.6) is 0 Å². The van der Waals surface area contributed by atoms with Crippen LogP contribution in [0.25, 0.3) is 11.1 Å². The molecule has 3 aromatic carbocycles. The van der Waals surface area contributed by atoms with Crippen molar-refractivity contribution in [1.29, 1.82) is 0 Å². The van der Waals surface area contributed by atoms with Gasteiger partial charge < -0.3 is 0 Å². The van der Waals surface area contributed by atoms with E-state index in [-0.39, 0.29) is 11.4 Å². The first-order valence-electron chi connectivity index (χ1n) is 8.25. The summed E-state index contributed by atoms with van der Waals surface area (Å²) in [5.74, 6) is 2.62. The van der Waals surface area contributed by atoms with Crippen molar-refractivity contribution in [3.05, 3.63) is 90.0 Å². The molecule has 0 aliphatic rings. The molecule has 3 rings (SSSR count). The number of terminal acetylenes is 1. The number of hydrogen-bond donors (Lipinski definition) is 1. The van der Waals surface area contributed by atoms with E-state index in [4.69, 9.17) is 6.42 Å². The van der Waals surface area contributed by atoms with Crippen molar-refractivity contribution in [2.45, 2.75) is 17.9 Å². The van der Waals surface area contributed by atoms with Crippen LogP contribution in [0, 0.1) is 12.3 Å². The van der Waals surface area contributed by atoms with E-state index in [1.165, 1.54) is 0 Å². The molecular weight excluding hydrogens is 342 g/mol. The summed E-state index contributed by atoms with van der Waals surface area (Å²) in [5, 5.41) is 0. The zero-order valence-electron chi connectivity index (χ0n) is 14.2. The summed E-state index contributed by atoms with van der Waals surface area (Å²) in [6.07, 6.45) is 5.92. The highest BCUT2D eigenvalue weighted by atomic mass is 32.2. The third-order valence-corrected chi connectivity index (χ3v) is 5.48. The van der Waals surface area contributed by atoms with E-state index in [9.17, 15) is 8.42 Å². The Labute approximate surface area is 154 Å². The second-order valence-corrected chi connectivity index (χ2v) is 7.68. The Bertz CT molecular complexity index is 1000. The third kappa shape index (κ3) is 4.40. The minimum Gasteiger partial charge on any atom is -0.207 e. The van der Waals surface area contributed by atoms with E-state index < -0.39 is 10.0 Å². The van der Waals surface area contributed by atoms with Gasteiger partial charge in [0.2, 0.25) is 10.0 Å². The zero-order chi connectivity index (χ0) is 18.4. The molecule has 130 valence electrons. The lowest BCUT2D eigenvalue weighted by atomic mass is 10.0. The normalized spacial score (nSPS) is 11.0. The molecule has 0 fully saturated rings. The van der Waals surface area contributed by atoms with Gasteiger partial charge in [-0.05, 0) is 34.4 Å². The van der Waals surface area contributed by atoms with Crippen LogP contribution in [0.3, 0.4) is 0 Å². The second-order valence-electron chi connectivity index (χ2n) is 5.91. The van der Waals surface area contributed by atoms with Crippen LogP contribution in [0.2, 0.25) is 0 Å². The number of nitrogens with one attached hydrogen (secondary N) is 1. The van der Waals surface area contributed by atoms with E-state index in [0.29, 0.717) is 6.42 Å². The van der Waals surface area contributed by atoms with Gasteiger partial charge in [0.15, 0.2) is 0 Å². The molecule has 0 atom stereocenters. The zero-order valence-corrected chi connectivity index (χ0v) is 15.0. The van der Waals surface area contributed by atoms with Gasteiger partial charge in [-0.15, -0.1) is 12.3 Å². The van der Waals surface area contributed by atoms with Crippen molar-refractivity contribution >= 4 is 10.0 Å². The van der Waals surface area contributed by atoms with E-state index in [1.807, 2.05) is 66.7 Å². The maximum Gasteiger partial charge on any atom is 0.240 e. The highest BCUT2D eigenvalue weighted by Gasteiger charge is 2.13. The minimum absolute atomic E-state index is 0.251. The molecule has 0 unspecified atom stereocenters. The van der Waals surface area contributed by atoms with Gasteiger partial charge in [-0.25, -0.2) is 13.1 Å². The summed E-state index contributed by atoms with van der Waals surface area (Å²) in [6, 6.07) is 24.3. The SMILES string of the molecule is C#CCc1ccc(-c2ccc(S(=O)(=O)NCc3ccccc3)cc2)cc1. The molecule has 26 heavy (non-hydrogen) atoms. The maximum absolute atomic E-state index is 12.4. The van der Waals surface area contributed by atoms with Crippen molar-refractivity contribution in [2.24, 2.45) is 0 Å². The Morgan fingerprint density at radius 3 is 1.92 bits per heavy atom. The molecule has 0 spiro atoms. The second kappa shape index (κ2) is 8.01. The van der Waals surface area contributed by atoms with Crippen LogP contribution in [-0.4, -0.2) is 8.42 Å². The molecule has 1 N–H and O–H groups in total. The van der Waals surface area contributed by atoms with E-state index in [1.54, 1.807) is 12.1 Å². The number of benzene rings is 3. The highest BCUT2D eigenvalue weighted by Crippen LogP contribution is 2.22. The first kappa shape index (κ1) is 17.9. The first-order valence-corrected chi connectivity index (χ1v) is 9.73. The lowest BCUT2D eigenvalue weighted by Crippen LogP contribution is -2.23. The van der Waals surface area contributed by atoms with Crippen LogP contribution in [0.4, 0.5) is 0 Å². The third-order valence-electron chi connectivity index (χ3n) is 4.07. The molecule has 0 aromatic heterocycles. The number of rotatable bonds is 6. The molecule has 0 amide bonds.